The van der Waals surface area contributed by atoms with Crippen molar-refractivity contribution < 1.29 is 14.0 Å². The summed E-state index contributed by atoms with van der Waals surface area (Å²) in [6, 6.07) is 6.28. The van der Waals surface area contributed by atoms with Gasteiger partial charge in [0.15, 0.2) is 0 Å². The second kappa shape index (κ2) is 7.77. The van der Waals surface area contributed by atoms with Crippen LogP contribution in [0, 0.1) is 5.82 Å². The number of carbonyl (C=O) groups is 2. The van der Waals surface area contributed by atoms with Crippen LogP contribution >= 0.6 is 0 Å². The molecule has 3 rings (SSSR count). The predicted molar refractivity (Wildman–Crippen MR) is 99.1 cm³/mol. The number of likely N-dealkylation sites (N-methyl/N-ethyl adjacent to an activating group) is 1. The minimum atomic E-state index is -0.286. The first kappa shape index (κ1) is 18.9. The summed E-state index contributed by atoms with van der Waals surface area (Å²) in [7, 11) is 0. The number of hydrogen-bond donors (Lipinski definition) is 0. The van der Waals surface area contributed by atoms with Gasteiger partial charge in [0.2, 0.25) is 11.8 Å². The Balaban J connectivity index is 1.80. The maximum Gasteiger partial charge on any atom is 0.227 e. The third-order valence-electron chi connectivity index (χ3n) is 6.12. The van der Waals surface area contributed by atoms with Crippen LogP contribution in [0.3, 0.4) is 0 Å². The average molecular weight is 360 g/mol. The van der Waals surface area contributed by atoms with Gasteiger partial charge < -0.3 is 9.80 Å². The van der Waals surface area contributed by atoms with Gasteiger partial charge in [-0.1, -0.05) is 31.4 Å². The highest BCUT2D eigenvalue weighted by molar-refractivity contribution is 5.80. The molecule has 1 saturated heterocycles. The van der Waals surface area contributed by atoms with Crippen LogP contribution in [0.25, 0.3) is 0 Å². The highest BCUT2D eigenvalue weighted by Gasteiger charge is 2.49. The molecule has 26 heavy (non-hydrogen) atoms. The first-order valence-corrected chi connectivity index (χ1v) is 9.77. The monoisotopic (exact) mass is 360 g/mol. The Morgan fingerprint density at radius 1 is 1.19 bits per heavy atom. The molecule has 1 spiro atoms. The Kier molecular flexibility index (Phi) is 5.64. The van der Waals surface area contributed by atoms with Gasteiger partial charge in [0.05, 0.1) is 12.5 Å². The second-order valence-corrected chi connectivity index (χ2v) is 7.76. The molecule has 4 nitrogen and oxygen atoms in total. The molecule has 1 aliphatic heterocycles. The lowest BCUT2D eigenvalue weighted by Gasteiger charge is -2.41. The summed E-state index contributed by atoms with van der Waals surface area (Å²) in [5.41, 5.74) is 0.729. The largest absolute Gasteiger partial charge is 0.338 e. The molecule has 1 aromatic carbocycles. The van der Waals surface area contributed by atoms with E-state index in [1.807, 2.05) is 16.7 Å². The fourth-order valence-electron chi connectivity index (χ4n) is 4.89. The smallest absolute Gasteiger partial charge is 0.227 e. The van der Waals surface area contributed by atoms with Crippen molar-refractivity contribution in [2.24, 2.45) is 0 Å². The lowest BCUT2D eigenvalue weighted by atomic mass is 9.79. The molecule has 1 heterocycles. The fraction of sp³-hybridized carbons (Fsp3) is 0.619. The summed E-state index contributed by atoms with van der Waals surface area (Å²) in [6.45, 7) is 4.90. The number of benzene rings is 1. The topological polar surface area (TPSA) is 40.6 Å². The molecule has 2 fully saturated rings. The molecule has 2 aliphatic rings. The Morgan fingerprint density at radius 3 is 2.42 bits per heavy atom. The predicted octanol–water partition coefficient (Wildman–Crippen LogP) is 3.54. The Labute approximate surface area is 155 Å². The van der Waals surface area contributed by atoms with Gasteiger partial charge in [0, 0.05) is 25.6 Å². The number of amides is 2. The molecule has 0 N–H and O–H groups in total. The molecule has 1 aliphatic carbocycles. The van der Waals surface area contributed by atoms with E-state index in [0.29, 0.717) is 19.5 Å². The van der Waals surface area contributed by atoms with Crippen molar-refractivity contribution in [3.8, 4) is 0 Å². The van der Waals surface area contributed by atoms with Crippen LogP contribution in [-0.2, 0) is 16.0 Å². The second-order valence-electron chi connectivity index (χ2n) is 7.76. The van der Waals surface area contributed by atoms with Gasteiger partial charge in [-0.25, -0.2) is 4.39 Å². The summed E-state index contributed by atoms with van der Waals surface area (Å²) in [4.78, 5) is 29.1. The van der Waals surface area contributed by atoms with Gasteiger partial charge in [-0.05, 0) is 43.9 Å². The zero-order valence-corrected chi connectivity index (χ0v) is 15.8. The number of halogens is 1. The van der Waals surface area contributed by atoms with Crippen molar-refractivity contribution in [3.63, 3.8) is 0 Å². The summed E-state index contributed by atoms with van der Waals surface area (Å²) < 4.78 is 13.1. The third-order valence-corrected chi connectivity index (χ3v) is 6.12. The number of hydrogen-bond acceptors (Lipinski definition) is 2. The zero-order chi connectivity index (χ0) is 18.7. The Hall–Kier alpha value is -1.91. The maximum absolute atomic E-state index is 13.1. The fourth-order valence-corrected chi connectivity index (χ4v) is 4.89. The summed E-state index contributed by atoms with van der Waals surface area (Å²) in [5.74, 6) is -0.108. The van der Waals surface area contributed by atoms with E-state index < -0.39 is 0 Å². The molecule has 0 unspecified atom stereocenters. The molecular weight excluding hydrogens is 331 g/mol. The van der Waals surface area contributed by atoms with Crippen LogP contribution in [0.15, 0.2) is 24.3 Å². The van der Waals surface area contributed by atoms with E-state index in [9.17, 15) is 14.0 Å². The van der Waals surface area contributed by atoms with Crippen molar-refractivity contribution in [1.82, 2.24) is 9.80 Å². The van der Waals surface area contributed by atoms with Crippen LogP contribution in [0.2, 0.25) is 0 Å². The standard InChI is InChI=1S/C21H29FN2O2/c1-3-23(16(2)25)19-14-21(11-5-4-6-12-21)24(15-19)20(26)13-17-7-9-18(22)10-8-17/h7-10,19H,3-6,11-15H2,1-2H3/t19-/m1/s1. The van der Waals surface area contributed by atoms with Crippen LogP contribution < -0.4 is 0 Å². The molecule has 142 valence electrons. The van der Waals surface area contributed by atoms with Crippen LogP contribution in [0.1, 0.15) is 57.9 Å². The van der Waals surface area contributed by atoms with E-state index in [4.69, 9.17) is 0 Å². The van der Waals surface area contributed by atoms with Gasteiger partial charge in [-0.3, -0.25) is 9.59 Å². The van der Waals surface area contributed by atoms with Gasteiger partial charge in [0.25, 0.3) is 0 Å². The molecule has 0 aromatic heterocycles. The van der Waals surface area contributed by atoms with E-state index >= 15 is 0 Å². The molecule has 1 aromatic rings. The molecule has 1 atom stereocenters. The van der Waals surface area contributed by atoms with Crippen LogP contribution in [0.5, 0.6) is 0 Å². The summed E-state index contributed by atoms with van der Waals surface area (Å²) in [5, 5.41) is 0. The molecule has 1 saturated carbocycles. The van der Waals surface area contributed by atoms with Crippen molar-refractivity contribution in [3.05, 3.63) is 35.6 Å². The first-order valence-electron chi connectivity index (χ1n) is 9.77. The van der Waals surface area contributed by atoms with Gasteiger partial charge >= 0.3 is 0 Å². The van der Waals surface area contributed by atoms with E-state index in [1.165, 1.54) is 18.6 Å². The minimum Gasteiger partial charge on any atom is -0.338 e. The van der Waals surface area contributed by atoms with Crippen molar-refractivity contribution in [1.29, 1.82) is 0 Å². The number of carbonyl (C=O) groups excluding carboxylic acids is 2. The molecule has 0 radical (unpaired) electrons. The SMILES string of the molecule is CCN(C(C)=O)[C@H]1CN(C(=O)Cc2ccc(F)cc2)C2(CCCCC2)C1. The lowest BCUT2D eigenvalue weighted by Crippen LogP contribution is -2.49. The third kappa shape index (κ3) is 3.76. The molecule has 0 bridgehead atoms. The maximum atomic E-state index is 13.1. The zero-order valence-electron chi connectivity index (χ0n) is 15.8. The summed E-state index contributed by atoms with van der Waals surface area (Å²) >= 11 is 0. The van der Waals surface area contributed by atoms with E-state index in [2.05, 4.69) is 0 Å². The van der Waals surface area contributed by atoms with E-state index in [1.54, 1.807) is 19.1 Å². The van der Waals surface area contributed by atoms with Crippen molar-refractivity contribution in [2.75, 3.05) is 13.1 Å². The number of rotatable bonds is 4. The Morgan fingerprint density at radius 2 is 1.85 bits per heavy atom. The van der Waals surface area contributed by atoms with E-state index in [0.717, 1.165) is 37.7 Å². The first-order chi connectivity index (χ1) is 12.4. The van der Waals surface area contributed by atoms with Gasteiger partial charge in [0.1, 0.15) is 5.82 Å². The highest BCUT2D eigenvalue weighted by atomic mass is 19.1. The number of likely N-dealkylation sites (tertiary alicyclic amines) is 1. The molecular formula is C21H29FN2O2. The van der Waals surface area contributed by atoms with Crippen LogP contribution in [0.4, 0.5) is 4.39 Å². The Bertz CT molecular complexity index is 652. The average Bonchev–Trinajstić information content (AvgIpc) is 2.96. The molecule has 2 amide bonds. The van der Waals surface area contributed by atoms with E-state index in [-0.39, 0.29) is 29.2 Å². The number of nitrogens with zero attached hydrogens (tertiary/aromatic N) is 2. The highest BCUT2D eigenvalue weighted by Crippen LogP contribution is 2.43. The minimum absolute atomic E-state index is 0.0799. The normalized spacial score (nSPS) is 21.8. The van der Waals surface area contributed by atoms with Gasteiger partial charge in [-0.15, -0.1) is 0 Å². The van der Waals surface area contributed by atoms with Crippen molar-refractivity contribution in [2.45, 2.75) is 70.4 Å². The van der Waals surface area contributed by atoms with Crippen molar-refractivity contribution >= 4 is 11.8 Å². The molecule has 5 heteroatoms. The van der Waals surface area contributed by atoms with Crippen LogP contribution in [-0.4, -0.2) is 46.3 Å². The van der Waals surface area contributed by atoms with Gasteiger partial charge in [-0.2, -0.15) is 0 Å². The summed E-state index contributed by atoms with van der Waals surface area (Å²) in [6.07, 6.45) is 6.72. The lowest BCUT2D eigenvalue weighted by molar-refractivity contribution is -0.136. The quantitative estimate of drug-likeness (QED) is 0.824.